The monoisotopic (exact) mass is 402 g/mol. The van der Waals surface area contributed by atoms with Crippen LogP contribution in [0.5, 0.6) is 11.5 Å². The Morgan fingerprint density at radius 2 is 2.07 bits per heavy atom. The number of benzene rings is 1. The first-order valence-corrected chi connectivity index (χ1v) is 10.2. The van der Waals surface area contributed by atoms with E-state index in [0.717, 1.165) is 17.8 Å². The van der Waals surface area contributed by atoms with Crippen molar-refractivity contribution < 1.29 is 19.1 Å². The van der Waals surface area contributed by atoms with Gasteiger partial charge in [-0.05, 0) is 25.0 Å². The van der Waals surface area contributed by atoms with Gasteiger partial charge in [0.05, 0.1) is 5.92 Å². The number of nitrogens with one attached hydrogen (secondary N) is 1. The molecule has 148 valence electrons. The zero-order chi connectivity index (χ0) is 19.7. The molecule has 1 saturated heterocycles. The molecule has 1 unspecified atom stereocenters. The summed E-state index contributed by atoms with van der Waals surface area (Å²) in [6, 6.07) is 5.35. The maximum Gasteiger partial charge on any atom is 0.231 e. The van der Waals surface area contributed by atoms with E-state index in [1.54, 1.807) is 23.1 Å². The van der Waals surface area contributed by atoms with E-state index >= 15 is 0 Å². The van der Waals surface area contributed by atoms with Crippen LogP contribution < -0.4 is 19.7 Å². The molecule has 0 bridgehead atoms. The number of amides is 2. The van der Waals surface area contributed by atoms with Crippen LogP contribution in [0.1, 0.15) is 44.0 Å². The van der Waals surface area contributed by atoms with Crippen molar-refractivity contribution in [3.63, 3.8) is 0 Å². The standard InChI is InChI=1S/C19H22N4O4S/c1-3-11(4-2)18-21-22-19(28-18)20-17(25)12-7-16(24)23(9-12)13-5-6-14-15(8-13)27-10-26-14/h5-6,8,11-12H,3-4,7,9-10H2,1-2H3,(H,20,22,25). The van der Waals surface area contributed by atoms with Crippen LogP contribution in [0.4, 0.5) is 10.8 Å². The number of rotatable bonds is 6. The highest BCUT2D eigenvalue weighted by atomic mass is 32.1. The van der Waals surface area contributed by atoms with Gasteiger partial charge in [-0.25, -0.2) is 0 Å². The van der Waals surface area contributed by atoms with Crippen molar-refractivity contribution in [3.8, 4) is 11.5 Å². The van der Waals surface area contributed by atoms with Gasteiger partial charge in [0.15, 0.2) is 11.5 Å². The number of hydrogen-bond donors (Lipinski definition) is 1. The molecule has 0 spiro atoms. The molecular weight excluding hydrogens is 380 g/mol. The van der Waals surface area contributed by atoms with Crippen molar-refractivity contribution in [2.45, 2.75) is 39.0 Å². The molecule has 4 rings (SSSR count). The average Bonchev–Trinajstić information content (AvgIpc) is 3.42. The molecule has 0 radical (unpaired) electrons. The van der Waals surface area contributed by atoms with Crippen LogP contribution in [-0.2, 0) is 9.59 Å². The molecule has 1 aromatic carbocycles. The fraction of sp³-hybridized carbons (Fsp3) is 0.474. The van der Waals surface area contributed by atoms with Crippen molar-refractivity contribution in [3.05, 3.63) is 23.2 Å². The van der Waals surface area contributed by atoms with E-state index in [4.69, 9.17) is 9.47 Å². The number of carbonyl (C=O) groups excluding carboxylic acids is 2. The van der Waals surface area contributed by atoms with Crippen molar-refractivity contribution in [1.82, 2.24) is 10.2 Å². The Labute approximate surface area is 166 Å². The van der Waals surface area contributed by atoms with E-state index in [1.165, 1.54) is 11.3 Å². The molecule has 1 N–H and O–H groups in total. The molecule has 2 aliphatic rings. The minimum atomic E-state index is -0.432. The maximum absolute atomic E-state index is 12.6. The summed E-state index contributed by atoms with van der Waals surface area (Å²) < 4.78 is 10.7. The van der Waals surface area contributed by atoms with Gasteiger partial charge in [0.2, 0.25) is 23.7 Å². The molecule has 2 amide bonds. The van der Waals surface area contributed by atoms with E-state index in [-0.39, 0.29) is 25.0 Å². The summed E-state index contributed by atoms with van der Waals surface area (Å²) >= 11 is 1.41. The number of hydrogen-bond acceptors (Lipinski definition) is 7. The largest absolute Gasteiger partial charge is 0.454 e. The zero-order valence-corrected chi connectivity index (χ0v) is 16.6. The van der Waals surface area contributed by atoms with E-state index in [2.05, 4.69) is 29.4 Å². The van der Waals surface area contributed by atoms with E-state index in [9.17, 15) is 9.59 Å². The van der Waals surface area contributed by atoms with Gasteiger partial charge >= 0.3 is 0 Å². The van der Waals surface area contributed by atoms with E-state index in [0.29, 0.717) is 34.8 Å². The molecule has 0 aliphatic carbocycles. The Morgan fingerprint density at radius 1 is 1.29 bits per heavy atom. The molecule has 8 nitrogen and oxygen atoms in total. The van der Waals surface area contributed by atoms with Crippen LogP contribution in [0.3, 0.4) is 0 Å². The summed E-state index contributed by atoms with van der Waals surface area (Å²) in [4.78, 5) is 26.7. The van der Waals surface area contributed by atoms with Crippen LogP contribution in [0.25, 0.3) is 0 Å². The van der Waals surface area contributed by atoms with E-state index in [1.807, 2.05) is 0 Å². The van der Waals surface area contributed by atoms with Crippen molar-refractivity contribution >= 4 is 34.0 Å². The average molecular weight is 402 g/mol. The third-order valence-electron chi connectivity index (χ3n) is 5.17. The normalized spacial score (nSPS) is 18.2. The number of fused-ring (bicyclic) bond motifs is 1. The van der Waals surface area contributed by atoms with Crippen LogP contribution in [0.2, 0.25) is 0 Å². The summed E-state index contributed by atoms with van der Waals surface area (Å²) in [6.45, 7) is 4.73. The predicted octanol–water partition coefficient (Wildman–Crippen LogP) is 3.16. The Morgan fingerprint density at radius 3 is 2.86 bits per heavy atom. The summed E-state index contributed by atoms with van der Waals surface area (Å²) in [5.41, 5.74) is 0.705. The minimum absolute atomic E-state index is 0.0889. The van der Waals surface area contributed by atoms with Crippen LogP contribution in [0, 0.1) is 5.92 Å². The van der Waals surface area contributed by atoms with Gasteiger partial charge in [0.1, 0.15) is 5.01 Å². The second kappa shape index (κ2) is 7.75. The molecule has 0 saturated carbocycles. The Hall–Kier alpha value is -2.68. The molecule has 2 aliphatic heterocycles. The number of nitrogens with zero attached hydrogens (tertiary/aromatic N) is 3. The quantitative estimate of drug-likeness (QED) is 0.798. The van der Waals surface area contributed by atoms with Crippen molar-refractivity contribution in [2.24, 2.45) is 5.92 Å². The van der Waals surface area contributed by atoms with Crippen LogP contribution >= 0.6 is 11.3 Å². The highest BCUT2D eigenvalue weighted by Gasteiger charge is 2.36. The number of aromatic nitrogens is 2. The minimum Gasteiger partial charge on any atom is -0.454 e. The Bertz CT molecular complexity index is 896. The summed E-state index contributed by atoms with van der Waals surface area (Å²) in [7, 11) is 0. The molecule has 3 heterocycles. The molecule has 28 heavy (non-hydrogen) atoms. The zero-order valence-electron chi connectivity index (χ0n) is 15.8. The number of anilines is 2. The molecule has 9 heteroatoms. The van der Waals surface area contributed by atoms with E-state index < -0.39 is 5.92 Å². The lowest BCUT2D eigenvalue weighted by atomic mass is 10.1. The Kier molecular flexibility index (Phi) is 5.17. The fourth-order valence-electron chi connectivity index (χ4n) is 3.48. The predicted molar refractivity (Wildman–Crippen MR) is 105 cm³/mol. The lowest BCUT2D eigenvalue weighted by molar-refractivity contribution is -0.122. The Balaban J connectivity index is 1.42. The first-order chi connectivity index (χ1) is 13.6. The van der Waals surface area contributed by atoms with Crippen LogP contribution in [-0.4, -0.2) is 35.3 Å². The topological polar surface area (TPSA) is 93.7 Å². The van der Waals surface area contributed by atoms with Gasteiger partial charge in [0, 0.05) is 30.6 Å². The summed E-state index contributed by atoms with van der Waals surface area (Å²) in [5, 5.41) is 12.5. The second-order valence-corrected chi connectivity index (χ2v) is 7.90. The second-order valence-electron chi connectivity index (χ2n) is 6.89. The maximum atomic E-state index is 12.6. The number of ether oxygens (including phenoxy) is 2. The molecular formula is C19H22N4O4S. The third kappa shape index (κ3) is 3.54. The first-order valence-electron chi connectivity index (χ1n) is 9.43. The molecule has 1 fully saturated rings. The first kappa shape index (κ1) is 18.7. The molecule has 2 aromatic rings. The van der Waals surface area contributed by atoms with Gasteiger partial charge in [0.25, 0.3) is 0 Å². The summed E-state index contributed by atoms with van der Waals surface area (Å²) in [6.07, 6.45) is 2.14. The molecule has 1 aromatic heterocycles. The lowest BCUT2D eigenvalue weighted by Gasteiger charge is -2.17. The fourth-order valence-corrected chi connectivity index (χ4v) is 4.49. The molecule has 1 atom stereocenters. The summed E-state index contributed by atoms with van der Waals surface area (Å²) in [5.74, 6) is 0.907. The van der Waals surface area contributed by atoms with Gasteiger partial charge in [-0.2, -0.15) is 0 Å². The smallest absolute Gasteiger partial charge is 0.231 e. The third-order valence-corrected chi connectivity index (χ3v) is 6.17. The van der Waals surface area contributed by atoms with Crippen molar-refractivity contribution in [1.29, 1.82) is 0 Å². The highest BCUT2D eigenvalue weighted by Crippen LogP contribution is 2.37. The van der Waals surface area contributed by atoms with Gasteiger partial charge < -0.3 is 19.7 Å². The highest BCUT2D eigenvalue weighted by molar-refractivity contribution is 7.15. The van der Waals surface area contributed by atoms with Gasteiger partial charge in [-0.1, -0.05) is 25.2 Å². The number of carbonyl (C=O) groups is 2. The SMILES string of the molecule is CCC(CC)c1nnc(NC(=O)C2CC(=O)N(c3ccc4c(c3)OCO4)C2)s1. The van der Waals surface area contributed by atoms with Gasteiger partial charge in [-0.15, -0.1) is 10.2 Å². The van der Waals surface area contributed by atoms with Gasteiger partial charge in [-0.3, -0.25) is 9.59 Å². The van der Waals surface area contributed by atoms with Crippen LogP contribution in [0.15, 0.2) is 18.2 Å². The lowest BCUT2D eigenvalue weighted by Crippen LogP contribution is -2.28. The van der Waals surface area contributed by atoms with Crippen molar-refractivity contribution in [2.75, 3.05) is 23.6 Å².